The van der Waals surface area contributed by atoms with E-state index in [-0.39, 0.29) is 6.10 Å². The van der Waals surface area contributed by atoms with Crippen LogP contribution in [0.5, 0.6) is 11.6 Å². The van der Waals surface area contributed by atoms with Gasteiger partial charge in [0.05, 0.1) is 12.2 Å². The minimum atomic E-state index is -0.520. The number of aromatic nitrogens is 1. The minimum Gasteiger partial charge on any atom is -0.438 e. The van der Waals surface area contributed by atoms with E-state index in [1.807, 2.05) is 54.6 Å². The van der Waals surface area contributed by atoms with Crippen LogP contribution in [-0.4, -0.2) is 11.6 Å². The Morgan fingerprint density at radius 3 is 2.72 bits per heavy atom. The van der Waals surface area contributed by atoms with E-state index in [1.54, 1.807) is 18.3 Å². The summed E-state index contributed by atoms with van der Waals surface area (Å²) in [6, 6.07) is 20.9. The lowest BCUT2D eigenvalue weighted by Gasteiger charge is -2.15. The molecule has 2 aromatic carbocycles. The molecule has 0 bridgehead atoms. The van der Waals surface area contributed by atoms with Crippen molar-refractivity contribution in [3.63, 3.8) is 0 Å². The highest BCUT2D eigenvalue weighted by atomic mass is 35.5. The molecule has 2 atom stereocenters. The molecule has 5 heteroatoms. The minimum absolute atomic E-state index is 0.106. The smallest absolute Gasteiger partial charge is 0.227 e. The summed E-state index contributed by atoms with van der Waals surface area (Å²) in [4.78, 5) is 4.32. The van der Waals surface area contributed by atoms with Gasteiger partial charge >= 0.3 is 0 Å². The number of rotatable bonds is 4. The predicted octanol–water partition coefficient (Wildman–Crippen LogP) is 5.31. The predicted molar refractivity (Wildman–Crippen MR) is 94.7 cm³/mol. The van der Waals surface area contributed by atoms with Gasteiger partial charge in [0.15, 0.2) is 6.29 Å². The number of pyridine rings is 1. The lowest BCUT2D eigenvalue weighted by atomic mass is 10.1. The summed E-state index contributed by atoms with van der Waals surface area (Å²) in [6.07, 6.45) is 1.05. The maximum Gasteiger partial charge on any atom is 0.227 e. The Morgan fingerprint density at radius 2 is 1.88 bits per heavy atom. The zero-order valence-corrected chi connectivity index (χ0v) is 14.1. The lowest BCUT2D eigenvalue weighted by molar-refractivity contribution is -0.0620. The summed E-state index contributed by atoms with van der Waals surface area (Å²) in [5, 5.41) is 0.604. The molecule has 25 heavy (non-hydrogen) atoms. The molecule has 0 unspecified atom stereocenters. The lowest BCUT2D eigenvalue weighted by Crippen LogP contribution is -2.03. The fourth-order valence-corrected chi connectivity index (χ4v) is 2.90. The van der Waals surface area contributed by atoms with Gasteiger partial charge in [-0.25, -0.2) is 4.98 Å². The summed E-state index contributed by atoms with van der Waals surface area (Å²) < 4.78 is 17.8. The van der Waals surface area contributed by atoms with Gasteiger partial charge in [-0.2, -0.15) is 0 Å². The van der Waals surface area contributed by atoms with E-state index in [9.17, 15) is 0 Å². The molecule has 4 rings (SSSR count). The average molecular weight is 354 g/mol. The van der Waals surface area contributed by atoms with Crippen molar-refractivity contribution >= 4 is 11.6 Å². The topological polar surface area (TPSA) is 40.6 Å². The van der Waals surface area contributed by atoms with E-state index in [0.717, 1.165) is 11.1 Å². The third kappa shape index (κ3) is 3.66. The molecule has 1 aliphatic rings. The quantitative estimate of drug-likeness (QED) is 0.637. The summed E-state index contributed by atoms with van der Waals surface area (Å²) in [7, 11) is 0. The molecule has 1 fully saturated rings. The summed E-state index contributed by atoms with van der Waals surface area (Å²) in [5.41, 5.74) is 1.84. The average Bonchev–Trinajstić information content (AvgIpc) is 3.13. The van der Waals surface area contributed by atoms with Crippen molar-refractivity contribution in [3.05, 3.63) is 89.1 Å². The molecule has 3 aromatic rings. The molecule has 0 aliphatic carbocycles. The molecule has 1 aliphatic heterocycles. The Morgan fingerprint density at radius 1 is 1.00 bits per heavy atom. The fraction of sp³-hybridized carbons (Fsp3) is 0.150. The van der Waals surface area contributed by atoms with Crippen LogP contribution in [0, 0.1) is 0 Å². The van der Waals surface area contributed by atoms with Crippen molar-refractivity contribution in [2.75, 3.05) is 6.61 Å². The van der Waals surface area contributed by atoms with E-state index in [4.69, 9.17) is 25.8 Å². The van der Waals surface area contributed by atoms with Gasteiger partial charge in [0, 0.05) is 11.2 Å². The first kappa shape index (κ1) is 16.1. The zero-order chi connectivity index (χ0) is 17.1. The second-order valence-electron chi connectivity index (χ2n) is 5.66. The van der Waals surface area contributed by atoms with Gasteiger partial charge in [0.25, 0.3) is 0 Å². The van der Waals surface area contributed by atoms with Crippen molar-refractivity contribution in [1.29, 1.82) is 0 Å². The third-order valence-electron chi connectivity index (χ3n) is 3.92. The van der Waals surface area contributed by atoms with Crippen LogP contribution in [0.15, 0.2) is 72.9 Å². The Balaban J connectivity index is 1.55. The van der Waals surface area contributed by atoms with E-state index in [1.165, 1.54) is 0 Å². The molecule has 126 valence electrons. The molecule has 0 saturated carbocycles. The van der Waals surface area contributed by atoms with Gasteiger partial charge in [-0.3, -0.25) is 0 Å². The summed E-state index contributed by atoms with van der Waals surface area (Å²) in [6.45, 7) is 0.486. The van der Waals surface area contributed by atoms with Crippen LogP contribution in [0.4, 0.5) is 0 Å². The number of halogens is 1. The number of benzene rings is 2. The zero-order valence-electron chi connectivity index (χ0n) is 13.3. The van der Waals surface area contributed by atoms with Crippen LogP contribution in [-0.2, 0) is 9.47 Å². The SMILES string of the molecule is Clc1cccc(Oc2ncccc2[C@@H]2OC[C@H](c3ccccc3)O2)c1. The Kier molecular flexibility index (Phi) is 4.65. The monoisotopic (exact) mass is 353 g/mol. The van der Waals surface area contributed by atoms with Crippen LogP contribution < -0.4 is 4.74 Å². The molecule has 2 heterocycles. The number of hydrogen-bond donors (Lipinski definition) is 0. The molecule has 0 N–H and O–H groups in total. The van der Waals surface area contributed by atoms with Crippen molar-refractivity contribution in [1.82, 2.24) is 4.98 Å². The molecule has 4 nitrogen and oxygen atoms in total. The highest BCUT2D eigenvalue weighted by molar-refractivity contribution is 6.30. The van der Waals surface area contributed by atoms with Crippen LogP contribution in [0.2, 0.25) is 5.02 Å². The largest absolute Gasteiger partial charge is 0.438 e. The number of hydrogen-bond acceptors (Lipinski definition) is 4. The highest BCUT2D eigenvalue weighted by Gasteiger charge is 2.31. The van der Waals surface area contributed by atoms with Crippen molar-refractivity contribution < 1.29 is 14.2 Å². The van der Waals surface area contributed by atoms with Crippen LogP contribution in [0.1, 0.15) is 23.5 Å². The van der Waals surface area contributed by atoms with E-state index >= 15 is 0 Å². The second kappa shape index (κ2) is 7.23. The van der Waals surface area contributed by atoms with E-state index < -0.39 is 6.29 Å². The van der Waals surface area contributed by atoms with Gasteiger partial charge in [-0.15, -0.1) is 0 Å². The van der Waals surface area contributed by atoms with Crippen molar-refractivity contribution in [2.24, 2.45) is 0 Å². The van der Waals surface area contributed by atoms with Gasteiger partial charge in [0.2, 0.25) is 5.88 Å². The van der Waals surface area contributed by atoms with Gasteiger partial charge < -0.3 is 14.2 Å². The van der Waals surface area contributed by atoms with Crippen molar-refractivity contribution in [3.8, 4) is 11.6 Å². The standard InChI is InChI=1S/C20H16ClNO3/c21-15-8-4-9-16(12-15)24-19-17(10-5-11-22-19)20-23-13-18(25-20)14-6-2-1-3-7-14/h1-12,18,20H,13H2/t18-,20-/m1/s1. The molecular formula is C20H16ClNO3. The first-order valence-corrected chi connectivity index (χ1v) is 8.38. The van der Waals surface area contributed by atoms with Crippen LogP contribution in [0.25, 0.3) is 0 Å². The van der Waals surface area contributed by atoms with E-state index in [0.29, 0.717) is 23.3 Å². The Labute approximate surface area is 150 Å². The summed E-state index contributed by atoms with van der Waals surface area (Å²) in [5.74, 6) is 1.06. The molecule has 1 aromatic heterocycles. The van der Waals surface area contributed by atoms with Gasteiger partial charge in [-0.1, -0.05) is 48.0 Å². The second-order valence-corrected chi connectivity index (χ2v) is 6.09. The number of nitrogens with zero attached hydrogens (tertiary/aromatic N) is 1. The van der Waals surface area contributed by atoms with Crippen LogP contribution in [0.3, 0.4) is 0 Å². The van der Waals surface area contributed by atoms with Crippen molar-refractivity contribution in [2.45, 2.75) is 12.4 Å². The fourth-order valence-electron chi connectivity index (χ4n) is 2.72. The molecule has 0 amide bonds. The van der Waals surface area contributed by atoms with Gasteiger partial charge in [-0.05, 0) is 35.9 Å². The molecule has 0 spiro atoms. The van der Waals surface area contributed by atoms with E-state index in [2.05, 4.69) is 4.98 Å². The Bertz CT molecular complexity index is 856. The highest BCUT2D eigenvalue weighted by Crippen LogP contribution is 2.39. The summed E-state index contributed by atoms with van der Waals surface area (Å²) >= 11 is 6.02. The maximum atomic E-state index is 6.07. The third-order valence-corrected chi connectivity index (χ3v) is 4.16. The molecule has 0 radical (unpaired) electrons. The molecular weight excluding hydrogens is 338 g/mol. The molecule has 1 saturated heterocycles. The van der Waals surface area contributed by atoms with Crippen LogP contribution >= 0.6 is 11.6 Å². The normalized spacial score (nSPS) is 19.7. The first-order valence-electron chi connectivity index (χ1n) is 8.00. The Hall–Kier alpha value is -2.40. The maximum absolute atomic E-state index is 6.07. The van der Waals surface area contributed by atoms with Gasteiger partial charge in [0.1, 0.15) is 11.9 Å². The first-order chi connectivity index (χ1) is 12.3. The number of ether oxygens (including phenoxy) is 3.